The lowest BCUT2D eigenvalue weighted by Crippen LogP contribution is -2.58. The molecule has 0 amide bonds. The molecule has 3 aromatic rings. The zero-order valence-corrected chi connectivity index (χ0v) is 15.8. The van der Waals surface area contributed by atoms with Crippen LogP contribution in [0.4, 0.5) is 5.82 Å². The van der Waals surface area contributed by atoms with E-state index in [2.05, 4.69) is 37.5 Å². The number of aromatic nitrogens is 5. The highest BCUT2D eigenvalue weighted by molar-refractivity contribution is 7.09. The molecule has 0 unspecified atom stereocenters. The van der Waals surface area contributed by atoms with E-state index in [1.165, 1.54) is 36.4 Å². The van der Waals surface area contributed by atoms with Crippen molar-refractivity contribution in [3.63, 3.8) is 0 Å². The first kappa shape index (κ1) is 16.1. The quantitative estimate of drug-likeness (QED) is 0.689. The van der Waals surface area contributed by atoms with E-state index in [4.69, 9.17) is 4.98 Å². The van der Waals surface area contributed by atoms with Gasteiger partial charge >= 0.3 is 0 Å². The molecule has 1 saturated heterocycles. The van der Waals surface area contributed by atoms with Crippen molar-refractivity contribution in [1.29, 1.82) is 0 Å². The normalized spacial score (nSPS) is 18.9. The lowest BCUT2D eigenvalue weighted by Gasteiger charge is -2.44. The van der Waals surface area contributed by atoms with Gasteiger partial charge in [-0.1, -0.05) is 12.8 Å². The van der Waals surface area contributed by atoms with E-state index in [-0.39, 0.29) is 0 Å². The minimum absolute atomic E-state index is 0.546. The number of nitrogens with zero attached hydrogens (tertiary/aromatic N) is 7. The van der Waals surface area contributed by atoms with Gasteiger partial charge in [0.2, 0.25) is 0 Å². The average Bonchev–Trinajstić information content (AvgIpc) is 3.34. The molecule has 136 valence electrons. The SMILES string of the molecule is CN(Cc1csc(C2CCCC2)n1)C1CN(c2ccc3nncn3n2)C1. The predicted molar refractivity (Wildman–Crippen MR) is 102 cm³/mol. The standard InChI is InChI=1S/C18H23N7S/c1-23(8-14-11-26-18(20-14)13-4-2-3-5-13)15-9-24(10-15)17-7-6-16-21-19-12-25(16)22-17/h6-7,11-13,15H,2-5,8-10H2,1H3. The van der Waals surface area contributed by atoms with E-state index in [1.807, 2.05) is 23.5 Å². The molecule has 4 heterocycles. The fraction of sp³-hybridized carbons (Fsp3) is 0.556. The molecule has 8 heteroatoms. The largest absolute Gasteiger partial charge is 0.352 e. The van der Waals surface area contributed by atoms with E-state index < -0.39 is 0 Å². The Morgan fingerprint density at radius 2 is 2.08 bits per heavy atom. The topological polar surface area (TPSA) is 62.5 Å². The van der Waals surface area contributed by atoms with Gasteiger partial charge < -0.3 is 4.90 Å². The Balaban J connectivity index is 1.18. The van der Waals surface area contributed by atoms with Gasteiger partial charge in [0, 0.05) is 37.0 Å². The first-order valence-corrected chi connectivity index (χ1v) is 10.2. The molecule has 7 nitrogen and oxygen atoms in total. The first-order chi connectivity index (χ1) is 12.8. The number of fused-ring (bicyclic) bond motifs is 1. The predicted octanol–water partition coefficient (Wildman–Crippen LogP) is 2.56. The van der Waals surface area contributed by atoms with Crippen molar-refractivity contribution in [3.8, 4) is 0 Å². The Bertz CT molecular complexity index is 892. The Labute approximate surface area is 156 Å². The molecule has 2 fully saturated rings. The number of hydrogen-bond donors (Lipinski definition) is 0. The molecule has 0 bridgehead atoms. The smallest absolute Gasteiger partial charge is 0.177 e. The van der Waals surface area contributed by atoms with Crippen LogP contribution in [0, 0.1) is 0 Å². The number of rotatable bonds is 5. The van der Waals surface area contributed by atoms with Gasteiger partial charge in [0.15, 0.2) is 5.65 Å². The second-order valence-corrected chi connectivity index (χ2v) is 8.35. The molecule has 0 radical (unpaired) electrons. The van der Waals surface area contributed by atoms with Crippen molar-refractivity contribution >= 4 is 22.8 Å². The van der Waals surface area contributed by atoms with Crippen LogP contribution in [0.5, 0.6) is 0 Å². The minimum Gasteiger partial charge on any atom is -0.352 e. The lowest BCUT2D eigenvalue weighted by molar-refractivity contribution is 0.194. The van der Waals surface area contributed by atoms with Crippen LogP contribution < -0.4 is 4.90 Å². The van der Waals surface area contributed by atoms with Gasteiger partial charge in [-0.3, -0.25) is 4.90 Å². The van der Waals surface area contributed by atoms with Gasteiger partial charge in [-0.25, -0.2) is 4.98 Å². The molecule has 0 aromatic carbocycles. The second-order valence-electron chi connectivity index (χ2n) is 7.46. The van der Waals surface area contributed by atoms with Crippen LogP contribution in [-0.4, -0.2) is 55.9 Å². The third kappa shape index (κ3) is 2.97. The van der Waals surface area contributed by atoms with Gasteiger partial charge in [0.25, 0.3) is 0 Å². The number of thiazole rings is 1. The van der Waals surface area contributed by atoms with Crippen molar-refractivity contribution in [3.05, 3.63) is 34.5 Å². The maximum atomic E-state index is 4.91. The molecule has 5 rings (SSSR count). The van der Waals surface area contributed by atoms with Crippen LogP contribution in [0.1, 0.15) is 42.3 Å². The fourth-order valence-electron chi connectivity index (χ4n) is 3.95. The molecule has 1 aliphatic heterocycles. The van der Waals surface area contributed by atoms with Crippen molar-refractivity contribution in [2.75, 3.05) is 25.0 Å². The van der Waals surface area contributed by atoms with Crippen LogP contribution in [-0.2, 0) is 6.54 Å². The lowest BCUT2D eigenvalue weighted by atomic mass is 10.1. The highest BCUT2D eigenvalue weighted by atomic mass is 32.1. The zero-order chi connectivity index (χ0) is 17.5. The zero-order valence-electron chi connectivity index (χ0n) is 15.0. The molecule has 1 saturated carbocycles. The third-order valence-corrected chi connectivity index (χ3v) is 6.70. The maximum absolute atomic E-state index is 4.91. The van der Waals surface area contributed by atoms with Crippen LogP contribution >= 0.6 is 11.3 Å². The summed E-state index contributed by atoms with van der Waals surface area (Å²) in [5.41, 5.74) is 2.01. The Morgan fingerprint density at radius 3 is 2.92 bits per heavy atom. The average molecular weight is 369 g/mol. The van der Waals surface area contributed by atoms with Crippen molar-refractivity contribution in [1.82, 2.24) is 29.7 Å². The first-order valence-electron chi connectivity index (χ1n) is 9.33. The minimum atomic E-state index is 0.546. The van der Waals surface area contributed by atoms with Crippen LogP contribution in [0.2, 0.25) is 0 Å². The van der Waals surface area contributed by atoms with Gasteiger partial charge in [-0.15, -0.1) is 26.6 Å². The molecule has 0 N–H and O–H groups in total. The monoisotopic (exact) mass is 369 g/mol. The summed E-state index contributed by atoms with van der Waals surface area (Å²) in [6, 6.07) is 4.53. The van der Waals surface area contributed by atoms with E-state index in [0.717, 1.165) is 37.0 Å². The number of hydrogen-bond acceptors (Lipinski definition) is 7. The van der Waals surface area contributed by atoms with Crippen LogP contribution in [0.3, 0.4) is 0 Å². The van der Waals surface area contributed by atoms with Crippen molar-refractivity contribution in [2.45, 2.75) is 44.2 Å². The van der Waals surface area contributed by atoms with Crippen LogP contribution in [0.15, 0.2) is 23.8 Å². The summed E-state index contributed by atoms with van der Waals surface area (Å²) in [5, 5.41) is 16.1. The summed E-state index contributed by atoms with van der Waals surface area (Å²) in [7, 11) is 2.20. The van der Waals surface area contributed by atoms with Gasteiger partial charge in [-0.05, 0) is 32.0 Å². The third-order valence-electron chi connectivity index (χ3n) is 5.64. The summed E-state index contributed by atoms with van der Waals surface area (Å²) >= 11 is 1.85. The summed E-state index contributed by atoms with van der Waals surface area (Å²) < 4.78 is 1.73. The summed E-state index contributed by atoms with van der Waals surface area (Å²) in [5.74, 6) is 1.70. The molecular weight excluding hydrogens is 346 g/mol. The molecular formula is C18H23N7S. The summed E-state index contributed by atoms with van der Waals surface area (Å²) in [6.07, 6.45) is 7.03. The van der Waals surface area contributed by atoms with E-state index >= 15 is 0 Å². The highest BCUT2D eigenvalue weighted by Gasteiger charge is 2.31. The Morgan fingerprint density at radius 1 is 1.23 bits per heavy atom. The number of likely N-dealkylation sites (N-methyl/N-ethyl adjacent to an activating group) is 1. The fourth-order valence-corrected chi connectivity index (χ4v) is 4.93. The van der Waals surface area contributed by atoms with E-state index in [0.29, 0.717) is 6.04 Å². The molecule has 2 aliphatic rings. The van der Waals surface area contributed by atoms with E-state index in [9.17, 15) is 0 Å². The second kappa shape index (κ2) is 6.59. The number of anilines is 1. The molecule has 26 heavy (non-hydrogen) atoms. The molecule has 1 aliphatic carbocycles. The Kier molecular flexibility index (Phi) is 4.09. The van der Waals surface area contributed by atoms with Gasteiger partial charge in [0.05, 0.1) is 10.7 Å². The van der Waals surface area contributed by atoms with Crippen LogP contribution in [0.25, 0.3) is 5.65 Å². The Hall–Kier alpha value is -2.06. The molecule has 3 aromatic heterocycles. The highest BCUT2D eigenvalue weighted by Crippen LogP contribution is 2.35. The molecule has 0 spiro atoms. The van der Waals surface area contributed by atoms with Gasteiger partial charge in [0.1, 0.15) is 12.1 Å². The summed E-state index contributed by atoms with van der Waals surface area (Å²) in [6.45, 7) is 2.92. The maximum Gasteiger partial charge on any atom is 0.177 e. The van der Waals surface area contributed by atoms with Crippen molar-refractivity contribution < 1.29 is 0 Å². The molecule has 0 atom stereocenters. The van der Waals surface area contributed by atoms with E-state index in [1.54, 1.807) is 10.8 Å². The van der Waals surface area contributed by atoms with Crippen molar-refractivity contribution in [2.24, 2.45) is 0 Å². The van der Waals surface area contributed by atoms with Gasteiger partial charge in [-0.2, -0.15) is 4.52 Å². The summed E-state index contributed by atoms with van der Waals surface area (Å²) in [4.78, 5) is 9.63.